The Morgan fingerprint density at radius 1 is 1.28 bits per heavy atom. The van der Waals surface area contributed by atoms with Crippen LogP contribution in [-0.2, 0) is 6.54 Å². The van der Waals surface area contributed by atoms with Crippen LogP contribution in [0.2, 0.25) is 0 Å². The van der Waals surface area contributed by atoms with Crippen LogP contribution in [0.15, 0.2) is 24.5 Å². The fraction of sp³-hybridized carbons (Fsp3) is 0.667. The summed E-state index contributed by atoms with van der Waals surface area (Å²) in [5.41, 5.74) is 1.56. The molecule has 3 heteroatoms. The second kappa shape index (κ2) is 6.86. The van der Waals surface area contributed by atoms with Crippen LogP contribution < -0.4 is 5.32 Å². The number of hydrogen-bond donors (Lipinski definition) is 2. The van der Waals surface area contributed by atoms with Gasteiger partial charge in [0.25, 0.3) is 0 Å². The van der Waals surface area contributed by atoms with E-state index < -0.39 is 0 Å². The van der Waals surface area contributed by atoms with E-state index in [0.717, 1.165) is 19.5 Å². The third-order valence-electron chi connectivity index (χ3n) is 4.11. The number of aliphatic hydroxyl groups is 1. The second-order valence-electron chi connectivity index (χ2n) is 5.50. The quantitative estimate of drug-likeness (QED) is 0.813. The van der Waals surface area contributed by atoms with Crippen LogP contribution in [0, 0.1) is 5.41 Å². The SMILES string of the molecule is OCCC1(CNCc2cccnc2)CCCCC1. The fourth-order valence-corrected chi connectivity index (χ4v) is 3.03. The van der Waals surface area contributed by atoms with Gasteiger partial charge in [0, 0.05) is 32.1 Å². The van der Waals surface area contributed by atoms with E-state index in [4.69, 9.17) is 0 Å². The van der Waals surface area contributed by atoms with Crippen LogP contribution in [0.4, 0.5) is 0 Å². The molecule has 0 unspecified atom stereocenters. The standard InChI is InChI=1S/C15H24N2O/c18-10-8-15(6-2-1-3-7-15)13-17-12-14-5-4-9-16-11-14/h4-5,9,11,17-18H,1-3,6-8,10,12-13H2. The summed E-state index contributed by atoms with van der Waals surface area (Å²) in [5.74, 6) is 0. The van der Waals surface area contributed by atoms with Crippen LogP contribution in [0.5, 0.6) is 0 Å². The number of nitrogens with zero attached hydrogens (tertiary/aromatic N) is 1. The fourth-order valence-electron chi connectivity index (χ4n) is 3.03. The van der Waals surface area contributed by atoms with Gasteiger partial charge in [0.15, 0.2) is 0 Å². The largest absolute Gasteiger partial charge is 0.396 e. The van der Waals surface area contributed by atoms with Crippen molar-refractivity contribution in [2.45, 2.75) is 45.1 Å². The first kappa shape index (κ1) is 13.5. The van der Waals surface area contributed by atoms with E-state index in [0.29, 0.717) is 12.0 Å². The molecule has 100 valence electrons. The van der Waals surface area contributed by atoms with Crippen molar-refractivity contribution in [2.75, 3.05) is 13.2 Å². The summed E-state index contributed by atoms with van der Waals surface area (Å²) >= 11 is 0. The molecule has 18 heavy (non-hydrogen) atoms. The molecule has 0 amide bonds. The van der Waals surface area contributed by atoms with Gasteiger partial charge in [-0.25, -0.2) is 0 Å². The van der Waals surface area contributed by atoms with Crippen molar-refractivity contribution in [3.05, 3.63) is 30.1 Å². The van der Waals surface area contributed by atoms with E-state index in [9.17, 15) is 5.11 Å². The summed E-state index contributed by atoms with van der Waals surface area (Å²) in [4.78, 5) is 4.12. The molecule has 0 bridgehead atoms. The van der Waals surface area contributed by atoms with Crippen LogP contribution in [0.1, 0.15) is 44.1 Å². The Kier molecular flexibility index (Phi) is 5.14. The van der Waals surface area contributed by atoms with Crippen molar-refractivity contribution in [3.63, 3.8) is 0 Å². The van der Waals surface area contributed by atoms with E-state index in [1.807, 2.05) is 12.3 Å². The first-order valence-electron chi connectivity index (χ1n) is 7.05. The van der Waals surface area contributed by atoms with Gasteiger partial charge in [0.1, 0.15) is 0 Å². The predicted molar refractivity (Wildman–Crippen MR) is 73.2 cm³/mol. The summed E-state index contributed by atoms with van der Waals surface area (Å²) in [6, 6.07) is 4.07. The van der Waals surface area contributed by atoms with E-state index in [-0.39, 0.29) is 0 Å². The van der Waals surface area contributed by atoms with Gasteiger partial charge < -0.3 is 10.4 Å². The third kappa shape index (κ3) is 3.79. The highest BCUT2D eigenvalue weighted by molar-refractivity contribution is 5.07. The maximum atomic E-state index is 9.26. The van der Waals surface area contributed by atoms with Crippen LogP contribution in [0.25, 0.3) is 0 Å². The highest BCUT2D eigenvalue weighted by Gasteiger charge is 2.30. The molecule has 0 radical (unpaired) electrons. The van der Waals surface area contributed by atoms with E-state index in [2.05, 4.69) is 16.4 Å². The van der Waals surface area contributed by atoms with Gasteiger partial charge in [-0.1, -0.05) is 25.3 Å². The molecule has 0 aliphatic heterocycles. The van der Waals surface area contributed by atoms with Crippen LogP contribution in [0.3, 0.4) is 0 Å². The molecule has 1 heterocycles. The Labute approximate surface area is 110 Å². The minimum atomic E-state index is 0.314. The minimum Gasteiger partial charge on any atom is -0.396 e. The van der Waals surface area contributed by atoms with Gasteiger partial charge in [-0.2, -0.15) is 0 Å². The lowest BCUT2D eigenvalue weighted by Gasteiger charge is -2.37. The summed E-state index contributed by atoms with van der Waals surface area (Å²) in [6.45, 7) is 2.21. The van der Waals surface area contributed by atoms with Crippen molar-refractivity contribution in [1.82, 2.24) is 10.3 Å². The number of aromatic nitrogens is 1. The molecule has 1 aromatic heterocycles. The Bertz CT molecular complexity index is 328. The summed E-state index contributed by atoms with van der Waals surface area (Å²) in [6.07, 6.45) is 11.2. The molecule has 0 aromatic carbocycles. The van der Waals surface area contributed by atoms with Crippen LogP contribution in [-0.4, -0.2) is 23.2 Å². The number of pyridine rings is 1. The highest BCUT2D eigenvalue weighted by Crippen LogP contribution is 2.38. The number of nitrogens with one attached hydrogen (secondary N) is 1. The molecule has 1 saturated carbocycles. The predicted octanol–water partition coefficient (Wildman–Crippen LogP) is 2.50. The Balaban J connectivity index is 1.82. The molecular formula is C15H24N2O. The van der Waals surface area contributed by atoms with Gasteiger partial charge in [-0.15, -0.1) is 0 Å². The van der Waals surface area contributed by atoms with Crippen molar-refractivity contribution < 1.29 is 5.11 Å². The topological polar surface area (TPSA) is 45.1 Å². The highest BCUT2D eigenvalue weighted by atomic mass is 16.3. The summed E-state index contributed by atoms with van der Waals surface area (Å²) in [5, 5.41) is 12.8. The van der Waals surface area contributed by atoms with Crippen molar-refractivity contribution in [3.8, 4) is 0 Å². The Morgan fingerprint density at radius 2 is 2.11 bits per heavy atom. The normalized spacial score (nSPS) is 18.7. The van der Waals surface area contributed by atoms with Gasteiger partial charge in [-0.05, 0) is 36.3 Å². The van der Waals surface area contributed by atoms with E-state index in [1.54, 1.807) is 6.20 Å². The molecule has 0 spiro atoms. The average Bonchev–Trinajstić information content (AvgIpc) is 2.41. The number of hydrogen-bond acceptors (Lipinski definition) is 3. The molecule has 1 fully saturated rings. The lowest BCUT2D eigenvalue weighted by Crippen LogP contribution is -2.36. The van der Waals surface area contributed by atoms with Gasteiger partial charge in [0.2, 0.25) is 0 Å². The van der Waals surface area contributed by atoms with Crippen LogP contribution >= 0.6 is 0 Å². The maximum Gasteiger partial charge on any atom is 0.0436 e. The van der Waals surface area contributed by atoms with Gasteiger partial charge in [-0.3, -0.25) is 4.98 Å². The molecule has 0 saturated heterocycles. The molecule has 3 nitrogen and oxygen atoms in total. The first-order chi connectivity index (χ1) is 8.85. The molecule has 1 aliphatic rings. The van der Waals surface area contributed by atoms with Crippen molar-refractivity contribution >= 4 is 0 Å². The zero-order valence-electron chi connectivity index (χ0n) is 11.1. The van der Waals surface area contributed by atoms with Gasteiger partial charge in [0.05, 0.1) is 0 Å². The monoisotopic (exact) mass is 248 g/mol. The van der Waals surface area contributed by atoms with Crippen molar-refractivity contribution in [2.24, 2.45) is 5.41 Å². The molecule has 1 aromatic rings. The molecular weight excluding hydrogens is 224 g/mol. The second-order valence-corrected chi connectivity index (χ2v) is 5.50. The molecule has 2 rings (SSSR count). The molecule has 0 atom stereocenters. The lowest BCUT2D eigenvalue weighted by molar-refractivity contribution is 0.126. The smallest absolute Gasteiger partial charge is 0.0436 e. The summed E-state index contributed by atoms with van der Waals surface area (Å²) in [7, 11) is 0. The number of aliphatic hydroxyl groups excluding tert-OH is 1. The number of rotatable bonds is 6. The van der Waals surface area contributed by atoms with E-state index in [1.165, 1.54) is 37.7 Å². The third-order valence-corrected chi connectivity index (χ3v) is 4.11. The minimum absolute atomic E-state index is 0.314. The molecule has 1 aliphatic carbocycles. The van der Waals surface area contributed by atoms with Crippen molar-refractivity contribution in [1.29, 1.82) is 0 Å². The Morgan fingerprint density at radius 3 is 2.78 bits per heavy atom. The Hall–Kier alpha value is -0.930. The maximum absolute atomic E-state index is 9.26. The lowest BCUT2D eigenvalue weighted by atomic mass is 9.72. The van der Waals surface area contributed by atoms with Gasteiger partial charge >= 0.3 is 0 Å². The summed E-state index contributed by atoms with van der Waals surface area (Å²) < 4.78 is 0. The molecule has 2 N–H and O–H groups in total. The zero-order valence-corrected chi connectivity index (χ0v) is 11.1. The van der Waals surface area contributed by atoms with E-state index >= 15 is 0 Å². The average molecular weight is 248 g/mol. The zero-order chi connectivity index (χ0) is 12.7. The first-order valence-corrected chi connectivity index (χ1v) is 7.05.